The Morgan fingerprint density at radius 2 is 2.12 bits per heavy atom. The average molecular weight is 224 g/mol. The van der Waals surface area contributed by atoms with Crippen LogP contribution < -0.4 is 16.0 Å². The zero-order valence-electron chi connectivity index (χ0n) is 9.18. The summed E-state index contributed by atoms with van der Waals surface area (Å²) in [5.41, 5.74) is 0. The van der Waals surface area contributed by atoms with Crippen LogP contribution in [0, 0.1) is 0 Å². The van der Waals surface area contributed by atoms with Gasteiger partial charge in [-0.25, -0.2) is 5.90 Å². The molecular formula is C11H16N2O3. The van der Waals surface area contributed by atoms with Gasteiger partial charge in [0.05, 0.1) is 6.10 Å². The van der Waals surface area contributed by atoms with Crippen molar-refractivity contribution in [2.24, 2.45) is 5.90 Å². The zero-order valence-corrected chi connectivity index (χ0v) is 9.18. The van der Waals surface area contributed by atoms with Gasteiger partial charge in [-0.2, -0.15) is 0 Å². The predicted octanol–water partition coefficient (Wildman–Crippen LogP) is 0.460. The molecule has 1 aromatic carbocycles. The molecule has 0 saturated heterocycles. The van der Waals surface area contributed by atoms with Crippen molar-refractivity contribution in [3.05, 3.63) is 30.3 Å². The maximum atomic E-state index is 11.3. The normalized spacial score (nSPS) is 11.9. The van der Waals surface area contributed by atoms with Gasteiger partial charge in [-0.05, 0) is 19.1 Å². The summed E-state index contributed by atoms with van der Waals surface area (Å²) < 4.78 is 5.25. The Morgan fingerprint density at radius 1 is 1.44 bits per heavy atom. The first-order valence-corrected chi connectivity index (χ1v) is 5.02. The number of hydrogen-bond donors (Lipinski definition) is 2. The number of hydrogen-bond acceptors (Lipinski definition) is 4. The largest absolute Gasteiger partial charge is 0.484 e. The molecule has 0 bridgehead atoms. The van der Waals surface area contributed by atoms with Crippen molar-refractivity contribution in [1.82, 2.24) is 5.32 Å². The third-order valence-electron chi connectivity index (χ3n) is 1.93. The highest BCUT2D eigenvalue weighted by atomic mass is 16.6. The summed E-state index contributed by atoms with van der Waals surface area (Å²) in [6.45, 7) is 2.12. The van der Waals surface area contributed by atoms with Crippen LogP contribution in [0.1, 0.15) is 6.92 Å². The number of benzene rings is 1. The Hall–Kier alpha value is -1.59. The van der Waals surface area contributed by atoms with Gasteiger partial charge in [-0.3, -0.25) is 9.63 Å². The molecule has 0 spiro atoms. The second-order valence-electron chi connectivity index (χ2n) is 3.35. The molecule has 1 amide bonds. The summed E-state index contributed by atoms with van der Waals surface area (Å²) in [4.78, 5) is 15.8. The second kappa shape index (κ2) is 6.81. The van der Waals surface area contributed by atoms with Crippen LogP contribution in [0.3, 0.4) is 0 Å². The number of amides is 1. The van der Waals surface area contributed by atoms with Crippen LogP contribution in [0.15, 0.2) is 30.3 Å². The molecule has 0 saturated carbocycles. The molecule has 0 fully saturated rings. The van der Waals surface area contributed by atoms with E-state index in [-0.39, 0.29) is 18.6 Å². The minimum absolute atomic E-state index is 0.0126. The number of nitrogens with two attached hydrogens (primary N) is 1. The first kappa shape index (κ1) is 12.5. The number of ether oxygens (including phenoxy) is 1. The van der Waals surface area contributed by atoms with Crippen molar-refractivity contribution >= 4 is 5.91 Å². The molecule has 0 aromatic heterocycles. The molecule has 0 aliphatic rings. The van der Waals surface area contributed by atoms with E-state index >= 15 is 0 Å². The van der Waals surface area contributed by atoms with Crippen molar-refractivity contribution in [2.75, 3.05) is 13.2 Å². The van der Waals surface area contributed by atoms with E-state index in [1.165, 1.54) is 0 Å². The lowest BCUT2D eigenvalue weighted by atomic mass is 10.3. The molecule has 1 rings (SSSR count). The summed E-state index contributed by atoms with van der Waals surface area (Å²) >= 11 is 0. The lowest BCUT2D eigenvalue weighted by molar-refractivity contribution is -0.123. The minimum Gasteiger partial charge on any atom is -0.484 e. The molecule has 1 unspecified atom stereocenters. The highest BCUT2D eigenvalue weighted by Gasteiger charge is 2.05. The maximum absolute atomic E-state index is 11.3. The Kier molecular flexibility index (Phi) is 5.31. The fraction of sp³-hybridized carbons (Fsp3) is 0.364. The highest BCUT2D eigenvalue weighted by Crippen LogP contribution is 2.07. The quantitative estimate of drug-likeness (QED) is 0.688. The van der Waals surface area contributed by atoms with E-state index in [0.29, 0.717) is 12.3 Å². The zero-order chi connectivity index (χ0) is 11.8. The molecule has 0 radical (unpaired) electrons. The SMILES string of the molecule is CC(CNC(=O)COc1ccccc1)ON. The number of carbonyl (C=O) groups excluding carboxylic acids is 1. The van der Waals surface area contributed by atoms with E-state index in [2.05, 4.69) is 10.2 Å². The molecular weight excluding hydrogens is 208 g/mol. The predicted molar refractivity (Wildman–Crippen MR) is 59.7 cm³/mol. The van der Waals surface area contributed by atoms with E-state index in [1.54, 1.807) is 19.1 Å². The smallest absolute Gasteiger partial charge is 0.258 e. The van der Waals surface area contributed by atoms with Crippen LogP contribution in [0.5, 0.6) is 5.75 Å². The van der Waals surface area contributed by atoms with Gasteiger partial charge in [-0.1, -0.05) is 18.2 Å². The Bertz CT molecular complexity index is 316. The molecule has 1 atom stereocenters. The van der Waals surface area contributed by atoms with Crippen LogP contribution in [-0.4, -0.2) is 25.2 Å². The number of rotatable bonds is 6. The minimum atomic E-state index is -0.208. The molecule has 3 N–H and O–H groups in total. The summed E-state index contributed by atoms with van der Waals surface area (Å²) in [6, 6.07) is 9.15. The van der Waals surface area contributed by atoms with E-state index < -0.39 is 0 Å². The average Bonchev–Trinajstić information content (AvgIpc) is 2.34. The van der Waals surface area contributed by atoms with E-state index in [9.17, 15) is 4.79 Å². The molecule has 0 aliphatic heterocycles. The van der Waals surface area contributed by atoms with Gasteiger partial charge in [0.2, 0.25) is 0 Å². The lowest BCUT2D eigenvalue weighted by Crippen LogP contribution is -2.36. The third kappa shape index (κ3) is 4.77. The molecule has 16 heavy (non-hydrogen) atoms. The van der Waals surface area contributed by atoms with Gasteiger partial charge in [-0.15, -0.1) is 0 Å². The fourth-order valence-electron chi connectivity index (χ4n) is 1.02. The topological polar surface area (TPSA) is 73.6 Å². The highest BCUT2D eigenvalue weighted by molar-refractivity contribution is 5.77. The van der Waals surface area contributed by atoms with Crippen molar-refractivity contribution in [1.29, 1.82) is 0 Å². The lowest BCUT2D eigenvalue weighted by Gasteiger charge is -2.10. The summed E-state index contributed by atoms with van der Waals surface area (Å²) in [7, 11) is 0. The molecule has 1 aromatic rings. The van der Waals surface area contributed by atoms with Crippen molar-refractivity contribution < 1.29 is 14.4 Å². The number of carbonyl (C=O) groups is 1. The number of nitrogens with one attached hydrogen (secondary N) is 1. The summed E-state index contributed by atoms with van der Waals surface area (Å²) in [5.74, 6) is 5.41. The molecule has 5 heteroatoms. The first-order chi connectivity index (χ1) is 7.72. The Balaban J connectivity index is 2.20. The van der Waals surface area contributed by atoms with Crippen LogP contribution >= 0.6 is 0 Å². The van der Waals surface area contributed by atoms with Crippen LogP contribution in [-0.2, 0) is 9.63 Å². The maximum Gasteiger partial charge on any atom is 0.258 e. The molecule has 88 valence electrons. The Morgan fingerprint density at radius 3 is 2.75 bits per heavy atom. The van der Waals surface area contributed by atoms with Gasteiger partial charge in [0.25, 0.3) is 5.91 Å². The van der Waals surface area contributed by atoms with Gasteiger partial charge >= 0.3 is 0 Å². The second-order valence-corrected chi connectivity index (χ2v) is 3.35. The van der Waals surface area contributed by atoms with Crippen molar-refractivity contribution in [2.45, 2.75) is 13.0 Å². The van der Waals surface area contributed by atoms with Gasteiger partial charge in [0, 0.05) is 6.54 Å². The van der Waals surface area contributed by atoms with Crippen molar-refractivity contribution in [3.8, 4) is 5.75 Å². The number of para-hydroxylation sites is 1. The molecule has 5 nitrogen and oxygen atoms in total. The summed E-state index contributed by atoms with van der Waals surface area (Å²) in [6.07, 6.45) is -0.208. The van der Waals surface area contributed by atoms with E-state index in [1.807, 2.05) is 18.2 Å². The fourth-order valence-corrected chi connectivity index (χ4v) is 1.02. The van der Waals surface area contributed by atoms with Gasteiger partial charge < -0.3 is 10.1 Å². The summed E-state index contributed by atoms with van der Waals surface area (Å²) in [5, 5.41) is 2.63. The van der Waals surface area contributed by atoms with Gasteiger partial charge in [0.15, 0.2) is 6.61 Å². The van der Waals surface area contributed by atoms with E-state index in [4.69, 9.17) is 10.6 Å². The Labute approximate surface area is 94.5 Å². The van der Waals surface area contributed by atoms with Crippen molar-refractivity contribution in [3.63, 3.8) is 0 Å². The third-order valence-corrected chi connectivity index (χ3v) is 1.93. The van der Waals surface area contributed by atoms with Gasteiger partial charge in [0.1, 0.15) is 5.75 Å². The first-order valence-electron chi connectivity index (χ1n) is 5.02. The standard InChI is InChI=1S/C11H16N2O3/c1-9(16-12)7-13-11(14)8-15-10-5-3-2-4-6-10/h2-6,9H,7-8,12H2,1H3,(H,13,14). The molecule has 0 aliphatic carbocycles. The van der Waals surface area contributed by atoms with Crippen LogP contribution in [0.25, 0.3) is 0 Å². The van der Waals surface area contributed by atoms with Crippen LogP contribution in [0.4, 0.5) is 0 Å². The molecule has 0 heterocycles. The van der Waals surface area contributed by atoms with Crippen LogP contribution in [0.2, 0.25) is 0 Å². The monoisotopic (exact) mass is 224 g/mol. The van der Waals surface area contributed by atoms with E-state index in [0.717, 1.165) is 0 Å².